The third-order valence-electron chi connectivity index (χ3n) is 4.79. The molecule has 0 aliphatic carbocycles. The van der Waals surface area contributed by atoms with Crippen molar-refractivity contribution in [3.05, 3.63) is 0 Å². The minimum absolute atomic E-state index is 0.234. The van der Waals surface area contributed by atoms with Crippen LogP contribution < -0.4 is 5.32 Å². The smallest absolute Gasteiger partial charge is 0.153 e. The Morgan fingerprint density at radius 3 is 2.50 bits per heavy atom. The molecule has 0 spiro atoms. The molecule has 1 atom stereocenters. The highest BCUT2D eigenvalue weighted by molar-refractivity contribution is 5.86. The third-order valence-corrected chi connectivity index (χ3v) is 4.79. The van der Waals surface area contributed by atoms with Crippen molar-refractivity contribution in [3.8, 4) is 0 Å². The predicted molar refractivity (Wildman–Crippen MR) is 74.7 cm³/mol. The van der Waals surface area contributed by atoms with Gasteiger partial charge in [0.15, 0.2) is 5.78 Å². The van der Waals surface area contributed by atoms with Gasteiger partial charge in [0.2, 0.25) is 0 Å². The van der Waals surface area contributed by atoms with Gasteiger partial charge in [-0.05, 0) is 58.2 Å². The molecule has 0 amide bonds. The van der Waals surface area contributed by atoms with Gasteiger partial charge < -0.3 is 5.32 Å². The van der Waals surface area contributed by atoms with E-state index in [2.05, 4.69) is 24.1 Å². The minimum Gasteiger partial charge on any atom is -0.317 e. The number of rotatable bonds is 5. The third kappa shape index (κ3) is 2.94. The number of hydrogen-bond donors (Lipinski definition) is 1. The van der Waals surface area contributed by atoms with Gasteiger partial charge in [-0.25, -0.2) is 0 Å². The second kappa shape index (κ2) is 6.67. The van der Waals surface area contributed by atoms with Crippen LogP contribution in [0.15, 0.2) is 0 Å². The first-order chi connectivity index (χ1) is 8.77. The highest BCUT2D eigenvalue weighted by Gasteiger charge is 2.37. The summed E-state index contributed by atoms with van der Waals surface area (Å²) < 4.78 is 0. The topological polar surface area (TPSA) is 32.3 Å². The molecular formula is C15H28N2O. The van der Waals surface area contributed by atoms with Crippen molar-refractivity contribution in [2.75, 3.05) is 19.6 Å². The van der Waals surface area contributed by atoms with E-state index >= 15 is 0 Å². The van der Waals surface area contributed by atoms with Gasteiger partial charge in [-0.1, -0.05) is 13.8 Å². The van der Waals surface area contributed by atoms with Gasteiger partial charge in [-0.15, -0.1) is 0 Å². The molecule has 2 saturated heterocycles. The molecule has 1 N–H and O–H groups in total. The van der Waals surface area contributed by atoms with Crippen LogP contribution in [0.25, 0.3) is 0 Å². The monoisotopic (exact) mass is 252 g/mol. The lowest BCUT2D eigenvalue weighted by Gasteiger charge is -2.36. The fourth-order valence-electron chi connectivity index (χ4n) is 3.63. The lowest BCUT2D eigenvalue weighted by atomic mass is 9.91. The Bertz CT molecular complexity index is 270. The SMILES string of the molecule is CCC(CC)C(=O)C1CCCN1C1CCNCC1. The van der Waals surface area contributed by atoms with Crippen molar-refractivity contribution >= 4 is 5.78 Å². The summed E-state index contributed by atoms with van der Waals surface area (Å²) in [5, 5.41) is 3.42. The Hall–Kier alpha value is -0.410. The molecule has 18 heavy (non-hydrogen) atoms. The molecule has 0 bridgehead atoms. The molecule has 104 valence electrons. The Labute approximate surface area is 111 Å². The molecule has 3 heteroatoms. The Morgan fingerprint density at radius 1 is 1.22 bits per heavy atom. The number of ketones is 1. The standard InChI is InChI=1S/C15H28N2O/c1-3-12(4-2)15(18)14-6-5-11-17(14)13-7-9-16-10-8-13/h12-14,16H,3-11H2,1-2H3. The van der Waals surface area contributed by atoms with Gasteiger partial charge in [0.1, 0.15) is 0 Å². The number of Topliss-reactive ketones (excluding diaryl/α,β-unsaturated/α-hetero) is 1. The zero-order valence-corrected chi connectivity index (χ0v) is 12.0. The number of carbonyl (C=O) groups is 1. The molecule has 2 rings (SSSR count). The Kier molecular flexibility index (Phi) is 5.19. The lowest BCUT2D eigenvalue weighted by molar-refractivity contribution is -0.128. The second-order valence-electron chi connectivity index (χ2n) is 5.79. The van der Waals surface area contributed by atoms with E-state index in [1.165, 1.54) is 19.3 Å². The summed E-state index contributed by atoms with van der Waals surface area (Å²) in [6.07, 6.45) is 6.75. The second-order valence-corrected chi connectivity index (χ2v) is 5.79. The van der Waals surface area contributed by atoms with Crippen LogP contribution in [-0.2, 0) is 4.79 Å². The van der Waals surface area contributed by atoms with E-state index in [-0.39, 0.29) is 12.0 Å². The van der Waals surface area contributed by atoms with Crippen molar-refractivity contribution in [3.63, 3.8) is 0 Å². The van der Waals surface area contributed by atoms with Crippen LogP contribution in [0.5, 0.6) is 0 Å². The molecule has 0 radical (unpaired) electrons. The average molecular weight is 252 g/mol. The summed E-state index contributed by atoms with van der Waals surface area (Å²) in [5.74, 6) is 0.813. The summed E-state index contributed by atoms with van der Waals surface area (Å²) in [5.41, 5.74) is 0. The molecule has 1 unspecified atom stereocenters. The van der Waals surface area contributed by atoms with Crippen LogP contribution in [-0.4, -0.2) is 42.4 Å². The predicted octanol–water partition coefficient (Wildman–Crippen LogP) is 2.21. The molecule has 2 aliphatic rings. The molecule has 2 fully saturated rings. The van der Waals surface area contributed by atoms with E-state index in [1.807, 2.05) is 0 Å². The van der Waals surface area contributed by atoms with Gasteiger partial charge in [-0.2, -0.15) is 0 Å². The molecule has 0 aromatic heterocycles. The van der Waals surface area contributed by atoms with Crippen LogP contribution in [0.2, 0.25) is 0 Å². The fourth-order valence-corrected chi connectivity index (χ4v) is 3.63. The summed E-state index contributed by atoms with van der Waals surface area (Å²) in [6, 6.07) is 0.884. The highest BCUT2D eigenvalue weighted by atomic mass is 16.1. The van der Waals surface area contributed by atoms with E-state index in [1.54, 1.807) is 0 Å². The first-order valence-corrected chi connectivity index (χ1v) is 7.78. The zero-order valence-electron chi connectivity index (χ0n) is 12.0. The largest absolute Gasteiger partial charge is 0.317 e. The summed E-state index contributed by atoms with van der Waals surface area (Å²) in [7, 11) is 0. The summed E-state index contributed by atoms with van der Waals surface area (Å²) in [4.78, 5) is 15.1. The van der Waals surface area contributed by atoms with Crippen LogP contribution in [0.4, 0.5) is 0 Å². The Balaban J connectivity index is 1.99. The van der Waals surface area contributed by atoms with Gasteiger partial charge in [0, 0.05) is 12.0 Å². The molecule has 0 aromatic rings. The molecule has 0 aromatic carbocycles. The van der Waals surface area contributed by atoms with Crippen LogP contribution in [0, 0.1) is 5.92 Å². The number of nitrogens with zero attached hydrogens (tertiary/aromatic N) is 1. The molecule has 3 nitrogen and oxygen atoms in total. The number of nitrogens with one attached hydrogen (secondary N) is 1. The van der Waals surface area contributed by atoms with E-state index in [4.69, 9.17) is 0 Å². The first kappa shape index (κ1) is 14.0. The normalized spacial score (nSPS) is 26.9. The van der Waals surface area contributed by atoms with E-state index < -0.39 is 0 Å². The quantitative estimate of drug-likeness (QED) is 0.814. The zero-order chi connectivity index (χ0) is 13.0. The van der Waals surface area contributed by atoms with Crippen molar-refractivity contribution in [2.24, 2.45) is 5.92 Å². The maximum absolute atomic E-state index is 12.6. The van der Waals surface area contributed by atoms with Crippen molar-refractivity contribution in [2.45, 2.75) is 64.5 Å². The van der Waals surface area contributed by atoms with Gasteiger partial charge in [0.05, 0.1) is 6.04 Å². The van der Waals surface area contributed by atoms with Crippen molar-refractivity contribution in [1.82, 2.24) is 10.2 Å². The van der Waals surface area contributed by atoms with Crippen LogP contribution >= 0.6 is 0 Å². The maximum atomic E-state index is 12.6. The maximum Gasteiger partial charge on any atom is 0.153 e. The van der Waals surface area contributed by atoms with Crippen LogP contribution in [0.1, 0.15) is 52.4 Å². The summed E-state index contributed by atoms with van der Waals surface area (Å²) in [6.45, 7) is 7.67. The lowest BCUT2D eigenvalue weighted by Crippen LogP contribution is -2.49. The van der Waals surface area contributed by atoms with Crippen molar-refractivity contribution in [1.29, 1.82) is 0 Å². The summed E-state index contributed by atoms with van der Waals surface area (Å²) >= 11 is 0. The molecule has 2 aliphatic heterocycles. The van der Waals surface area contributed by atoms with Gasteiger partial charge in [0.25, 0.3) is 0 Å². The molecular weight excluding hydrogens is 224 g/mol. The van der Waals surface area contributed by atoms with Gasteiger partial charge in [-0.3, -0.25) is 9.69 Å². The number of hydrogen-bond acceptors (Lipinski definition) is 3. The van der Waals surface area contributed by atoms with E-state index in [9.17, 15) is 4.79 Å². The minimum atomic E-state index is 0.234. The Morgan fingerprint density at radius 2 is 1.89 bits per heavy atom. The van der Waals surface area contributed by atoms with E-state index in [0.717, 1.165) is 38.9 Å². The first-order valence-electron chi connectivity index (χ1n) is 7.78. The highest BCUT2D eigenvalue weighted by Crippen LogP contribution is 2.28. The van der Waals surface area contributed by atoms with Gasteiger partial charge >= 0.3 is 0 Å². The number of carbonyl (C=O) groups excluding carboxylic acids is 1. The number of piperidine rings is 1. The fraction of sp³-hybridized carbons (Fsp3) is 0.933. The number of likely N-dealkylation sites (tertiary alicyclic amines) is 1. The van der Waals surface area contributed by atoms with Crippen LogP contribution in [0.3, 0.4) is 0 Å². The van der Waals surface area contributed by atoms with E-state index in [0.29, 0.717) is 11.8 Å². The van der Waals surface area contributed by atoms with Crippen molar-refractivity contribution < 1.29 is 4.79 Å². The molecule has 2 heterocycles. The average Bonchev–Trinajstić information content (AvgIpc) is 2.90. The molecule has 0 saturated carbocycles.